The van der Waals surface area contributed by atoms with E-state index in [2.05, 4.69) is 81.4 Å². The minimum atomic E-state index is 0.508. The summed E-state index contributed by atoms with van der Waals surface area (Å²) in [4.78, 5) is 11.9. The molecule has 2 N–H and O–H groups in total. The van der Waals surface area contributed by atoms with Gasteiger partial charge in [0.15, 0.2) is 5.96 Å². The van der Waals surface area contributed by atoms with Gasteiger partial charge in [0.1, 0.15) is 0 Å². The first-order valence-corrected chi connectivity index (χ1v) is 12.0. The topological polar surface area (TPSA) is 57.5 Å². The predicted molar refractivity (Wildman–Crippen MR) is 133 cm³/mol. The van der Waals surface area contributed by atoms with Crippen molar-refractivity contribution >= 4 is 17.0 Å². The van der Waals surface area contributed by atoms with E-state index in [0.717, 1.165) is 24.6 Å². The molecule has 170 valence electrons. The second kappa shape index (κ2) is 11.1. The van der Waals surface area contributed by atoms with Crippen molar-refractivity contribution in [2.75, 3.05) is 26.2 Å². The maximum atomic E-state index is 4.85. The lowest BCUT2D eigenvalue weighted by Crippen LogP contribution is -2.48. The van der Waals surface area contributed by atoms with E-state index in [9.17, 15) is 0 Å². The van der Waals surface area contributed by atoms with Crippen LogP contribution in [0.25, 0.3) is 11.0 Å². The van der Waals surface area contributed by atoms with Gasteiger partial charge in [-0.2, -0.15) is 0 Å². The van der Waals surface area contributed by atoms with E-state index in [0.29, 0.717) is 12.6 Å². The number of likely N-dealkylation sites (tertiary alicyclic amines) is 1. The van der Waals surface area contributed by atoms with Gasteiger partial charge in [0.25, 0.3) is 0 Å². The van der Waals surface area contributed by atoms with Gasteiger partial charge in [0, 0.05) is 32.2 Å². The first-order chi connectivity index (χ1) is 15.7. The Kier molecular flexibility index (Phi) is 7.77. The van der Waals surface area contributed by atoms with E-state index in [1.54, 1.807) is 0 Å². The fourth-order valence-electron chi connectivity index (χ4n) is 4.38. The molecule has 4 rings (SSSR count). The highest BCUT2D eigenvalue weighted by molar-refractivity contribution is 5.80. The van der Waals surface area contributed by atoms with Crippen LogP contribution in [0.15, 0.2) is 59.9 Å². The first-order valence-electron chi connectivity index (χ1n) is 12.0. The smallest absolute Gasteiger partial charge is 0.191 e. The second-order valence-electron chi connectivity index (χ2n) is 8.63. The molecule has 0 atom stereocenters. The standard InChI is InChI=1S/C26H36N6/c1-3-15-31-16-13-23(14-17-31)30-26(27-4-2)28-18-21-9-11-22(12-10-21)19-32-20-29-24-7-5-6-8-25(24)32/h5-12,20,23H,3-4,13-19H2,1-2H3,(H2,27,28,30). The Morgan fingerprint density at radius 3 is 2.53 bits per heavy atom. The van der Waals surface area contributed by atoms with Crippen molar-refractivity contribution in [1.82, 2.24) is 25.1 Å². The lowest BCUT2D eigenvalue weighted by molar-refractivity contribution is 0.206. The number of para-hydroxylation sites is 2. The summed E-state index contributed by atoms with van der Waals surface area (Å²) in [6, 6.07) is 17.5. The number of hydrogen-bond acceptors (Lipinski definition) is 3. The summed E-state index contributed by atoms with van der Waals surface area (Å²) >= 11 is 0. The average molecular weight is 433 g/mol. The quantitative estimate of drug-likeness (QED) is 0.417. The van der Waals surface area contributed by atoms with Crippen LogP contribution in [0.3, 0.4) is 0 Å². The zero-order chi connectivity index (χ0) is 22.2. The van der Waals surface area contributed by atoms with Gasteiger partial charge in [-0.25, -0.2) is 9.98 Å². The molecule has 1 aliphatic heterocycles. The van der Waals surface area contributed by atoms with Crippen LogP contribution in [-0.2, 0) is 13.1 Å². The highest BCUT2D eigenvalue weighted by atomic mass is 15.2. The molecule has 1 aliphatic rings. The second-order valence-corrected chi connectivity index (χ2v) is 8.63. The van der Waals surface area contributed by atoms with Crippen LogP contribution in [-0.4, -0.2) is 52.6 Å². The van der Waals surface area contributed by atoms with E-state index in [1.165, 1.54) is 55.5 Å². The Balaban J connectivity index is 1.33. The third-order valence-electron chi connectivity index (χ3n) is 6.14. The number of guanidine groups is 1. The van der Waals surface area contributed by atoms with Crippen molar-refractivity contribution in [2.45, 2.75) is 52.2 Å². The van der Waals surface area contributed by atoms with Crippen molar-refractivity contribution in [2.24, 2.45) is 4.99 Å². The molecule has 2 heterocycles. The molecule has 6 nitrogen and oxygen atoms in total. The van der Waals surface area contributed by atoms with E-state index in [1.807, 2.05) is 12.4 Å². The third-order valence-corrected chi connectivity index (χ3v) is 6.14. The van der Waals surface area contributed by atoms with Gasteiger partial charge in [0.05, 0.1) is 23.9 Å². The highest BCUT2D eigenvalue weighted by Crippen LogP contribution is 2.15. The molecule has 0 amide bonds. The number of piperidine rings is 1. The van der Waals surface area contributed by atoms with Crippen molar-refractivity contribution in [3.8, 4) is 0 Å². The molecule has 0 saturated carbocycles. The van der Waals surface area contributed by atoms with Crippen LogP contribution in [0, 0.1) is 0 Å². The average Bonchev–Trinajstić information content (AvgIpc) is 3.23. The van der Waals surface area contributed by atoms with Crippen LogP contribution < -0.4 is 10.6 Å². The van der Waals surface area contributed by atoms with Gasteiger partial charge < -0.3 is 20.1 Å². The Morgan fingerprint density at radius 1 is 1.03 bits per heavy atom. The highest BCUT2D eigenvalue weighted by Gasteiger charge is 2.19. The van der Waals surface area contributed by atoms with Gasteiger partial charge in [-0.3, -0.25) is 0 Å². The Bertz CT molecular complexity index is 999. The number of nitrogens with zero attached hydrogens (tertiary/aromatic N) is 4. The summed E-state index contributed by atoms with van der Waals surface area (Å²) in [5, 5.41) is 7.06. The van der Waals surface area contributed by atoms with Crippen molar-refractivity contribution in [3.05, 3.63) is 66.0 Å². The molecule has 0 unspecified atom stereocenters. The van der Waals surface area contributed by atoms with E-state index in [4.69, 9.17) is 4.99 Å². The minimum absolute atomic E-state index is 0.508. The maximum Gasteiger partial charge on any atom is 0.191 e. The van der Waals surface area contributed by atoms with Crippen LogP contribution in [0.4, 0.5) is 0 Å². The fourth-order valence-corrected chi connectivity index (χ4v) is 4.38. The molecule has 32 heavy (non-hydrogen) atoms. The van der Waals surface area contributed by atoms with Gasteiger partial charge in [-0.05, 0) is 56.0 Å². The first kappa shape index (κ1) is 22.3. The van der Waals surface area contributed by atoms with Crippen molar-refractivity contribution in [1.29, 1.82) is 0 Å². The normalized spacial score (nSPS) is 15.9. The number of nitrogens with one attached hydrogen (secondary N) is 2. The zero-order valence-electron chi connectivity index (χ0n) is 19.4. The van der Waals surface area contributed by atoms with E-state index < -0.39 is 0 Å². The largest absolute Gasteiger partial charge is 0.357 e. The zero-order valence-corrected chi connectivity index (χ0v) is 19.4. The minimum Gasteiger partial charge on any atom is -0.357 e. The van der Waals surface area contributed by atoms with Gasteiger partial charge in [-0.1, -0.05) is 43.3 Å². The monoisotopic (exact) mass is 432 g/mol. The number of fused-ring (bicyclic) bond motifs is 1. The molecule has 2 aromatic carbocycles. The van der Waals surface area contributed by atoms with E-state index in [-0.39, 0.29) is 0 Å². The molecule has 6 heteroatoms. The van der Waals surface area contributed by atoms with Gasteiger partial charge in [-0.15, -0.1) is 0 Å². The molecule has 0 aliphatic carbocycles. The number of hydrogen-bond donors (Lipinski definition) is 2. The predicted octanol–water partition coefficient (Wildman–Crippen LogP) is 4.01. The molecule has 0 bridgehead atoms. The lowest BCUT2D eigenvalue weighted by atomic mass is 10.1. The Labute approximate surface area is 191 Å². The molecular weight excluding hydrogens is 396 g/mol. The Hall–Kier alpha value is -2.86. The van der Waals surface area contributed by atoms with Crippen molar-refractivity contribution in [3.63, 3.8) is 0 Å². The molecule has 0 spiro atoms. The summed E-state index contributed by atoms with van der Waals surface area (Å²) in [5.74, 6) is 0.926. The molecular formula is C26H36N6. The maximum absolute atomic E-state index is 4.85. The number of aliphatic imine (C=N–C) groups is 1. The third kappa shape index (κ3) is 5.88. The Morgan fingerprint density at radius 2 is 1.78 bits per heavy atom. The van der Waals surface area contributed by atoms with Gasteiger partial charge in [0.2, 0.25) is 0 Å². The number of rotatable bonds is 8. The summed E-state index contributed by atoms with van der Waals surface area (Å²) in [7, 11) is 0. The van der Waals surface area contributed by atoms with Crippen LogP contribution in [0.1, 0.15) is 44.2 Å². The summed E-state index contributed by atoms with van der Waals surface area (Å²) < 4.78 is 2.20. The number of imidazole rings is 1. The molecule has 3 aromatic rings. The molecule has 1 aromatic heterocycles. The SMILES string of the molecule is CCCN1CCC(NC(=NCc2ccc(Cn3cnc4ccccc43)cc2)NCC)CC1. The summed E-state index contributed by atoms with van der Waals surface area (Å²) in [6.45, 7) is 10.3. The van der Waals surface area contributed by atoms with Crippen LogP contribution >= 0.6 is 0 Å². The van der Waals surface area contributed by atoms with Crippen LogP contribution in [0.5, 0.6) is 0 Å². The lowest BCUT2D eigenvalue weighted by Gasteiger charge is -2.32. The molecule has 0 radical (unpaired) electrons. The molecule has 1 saturated heterocycles. The summed E-state index contributed by atoms with van der Waals surface area (Å²) in [6.07, 6.45) is 5.52. The van der Waals surface area contributed by atoms with Crippen LogP contribution in [0.2, 0.25) is 0 Å². The van der Waals surface area contributed by atoms with E-state index >= 15 is 0 Å². The fraction of sp³-hybridized carbons (Fsp3) is 0.462. The summed E-state index contributed by atoms with van der Waals surface area (Å²) in [5.41, 5.74) is 4.70. The van der Waals surface area contributed by atoms with Crippen molar-refractivity contribution < 1.29 is 0 Å². The number of aromatic nitrogens is 2. The number of benzene rings is 2. The van der Waals surface area contributed by atoms with Gasteiger partial charge >= 0.3 is 0 Å². The molecule has 1 fully saturated rings.